The summed E-state index contributed by atoms with van der Waals surface area (Å²) in [5.74, 6) is 0.487. The number of rotatable bonds is 4. The maximum absolute atomic E-state index is 10.6. The Bertz CT molecular complexity index is 125. The van der Waals surface area contributed by atoms with Crippen LogP contribution in [-0.2, 0) is 15.7 Å². The SMILES string of the molecule is COCC(C)(C)CS(N)=O. The van der Waals surface area contributed by atoms with Crippen LogP contribution in [0.1, 0.15) is 13.8 Å². The maximum atomic E-state index is 10.6. The van der Waals surface area contributed by atoms with Crippen molar-refractivity contribution in [2.24, 2.45) is 10.6 Å². The minimum atomic E-state index is -1.22. The lowest BCUT2D eigenvalue weighted by molar-refractivity contribution is 0.119. The second-order valence-electron chi connectivity index (χ2n) is 3.12. The molecule has 0 aliphatic rings. The first-order valence-electron chi connectivity index (χ1n) is 3.10. The summed E-state index contributed by atoms with van der Waals surface area (Å²) in [7, 11) is 0.410. The quantitative estimate of drug-likeness (QED) is 0.650. The Kier molecular flexibility index (Phi) is 4.08. The summed E-state index contributed by atoms with van der Waals surface area (Å²) in [6.07, 6.45) is 0. The largest absolute Gasteiger partial charge is 0.384 e. The van der Waals surface area contributed by atoms with Gasteiger partial charge in [-0.3, -0.25) is 5.14 Å². The van der Waals surface area contributed by atoms with Gasteiger partial charge in [-0.1, -0.05) is 13.8 Å². The van der Waals surface area contributed by atoms with Gasteiger partial charge in [-0.15, -0.1) is 0 Å². The molecule has 0 aromatic carbocycles. The molecule has 2 N–H and O–H groups in total. The van der Waals surface area contributed by atoms with Crippen molar-refractivity contribution in [2.75, 3.05) is 19.5 Å². The van der Waals surface area contributed by atoms with Crippen LogP contribution in [0.5, 0.6) is 0 Å². The molecule has 0 amide bonds. The highest BCUT2D eigenvalue weighted by atomic mass is 32.2. The van der Waals surface area contributed by atoms with E-state index in [9.17, 15) is 4.21 Å². The van der Waals surface area contributed by atoms with Crippen LogP contribution in [0.25, 0.3) is 0 Å². The van der Waals surface area contributed by atoms with Gasteiger partial charge < -0.3 is 4.74 Å². The van der Waals surface area contributed by atoms with Crippen LogP contribution >= 0.6 is 0 Å². The molecule has 0 saturated carbocycles. The van der Waals surface area contributed by atoms with Crippen molar-refractivity contribution >= 4 is 11.0 Å². The average Bonchev–Trinajstić information content (AvgIpc) is 1.59. The molecule has 0 bridgehead atoms. The van der Waals surface area contributed by atoms with Gasteiger partial charge in [0.2, 0.25) is 0 Å². The second kappa shape index (κ2) is 4.05. The molecule has 0 spiro atoms. The molecule has 10 heavy (non-hydrogen) atoms. The first-order valence-corrected chi connectivity index (χ1v) is 4.48. The Hall–Kier alpha value is 0.0700. The second-order valence-corrected chi connectivity index (χ2v) is 4.17. The average molecular weight is 165 g/mol. The monoisotopic (exact) mass is 165 g/mol. The lowest BCUT2D eigenvalue weighted by Crippen LogP contribution is -2.28. The number of hydrogen-bond acceptors (Lipinski definition) is 2. The van der Waals surface area contributed by atoms with E-state index < -0.39 is 11.0 Å². The van der Waals surface area contributed by atoms with Crippen molar-refractivity contribution in [3.8, 4) is 0 Å². The fourth-order valence-corrected chi connectivity index (χ4v) is 1.67. The highest BCUT2D eigenvalue weighted by Crippen LogP contribution is 2.14. The van der Waals surface area contributed by atoms with Crippen molar-refractivity contribution < 1.29 is 8.95 Å². The zero-order valence-electron chi connectivity index (χ0n) is 6.72. The molecule has 0 rings (SSSR count). The van der Waals surface area contributed by atoms with Gasteiger partial charge in [0.1, 0.15) is 0 Å². The molecule has 0 radical (unpaired) electrons. The molecule has 0 aromatic rings. The summed E-state index contributed by atoms with van der Waals surface area (Å²) in [5.41, 5.74) is -0.0750. The zero-order chi connectivity index (χ0) is 8.20. The Balaban J connectivity index is 3.74. The lowest BCUT2D eigenvalue weighted by Gasteiger charge is -2.21. The van der Waals surface area contributed by atoms with Crippen LogP contribution in [0, 0.1) is 5.41 Å². The van der Waals surface area contributed by atoms with E-state index in [1.54, 1.807) is 7.11 Å². The van der Waals surface area contributed by atoms with Gasteiger partial charge in [-0.05, 0) is 0 Å². The first kappa shape index (κ1) is 10.1. The molecule has 3 nitrogen and oxygen atoms in total. The molecular formula is C6H15NO2S. The lowest BCUT2D eigenvalue weighted by atomic mass is 9.98. The van der Waals surface area contributed by atoms with E-state index in [-0.39, 0.29) is 5.41 Å². The van der Waals surface area contributed by atoms with E-state index in [0.717, 1.165) is 0 Å². The number of methoxy groups -OCH3 is 1. The molecule has 1 atom stereocenters. The number of ether oxygens (including phenoxy) is 1. The van der Waals surface area contributed by atoms with Crippen LogP contribution < -0.4 is 5.14 Å². The minimum absolute atomic E-state index is 0.0750. The van der Waals surface area contributed by atoms with Crippen molar-refractivity contribution in [1.29, 1.82) is 0 Å². The highest BCUT2D eigenvalue weighted by molar-refractivity contribution is 7.82. The summed E-state index contributed by atoms with van der Waals surface area (Å²) >= 11 is 0. The van der Waals surface area contributed by atoms with Crippen LogP contribution in [0.15, 0.2) is 0 Å². The molecule has 1 unspecified atom stereocenters. The van der Waals surface area contributed by atoms with Gasteiger partial charge in [0, 0.05) is 18.3 Å². The predicted octanol–water partition coefficient (Wildman–Crippen LogP) is 0.281. The molecule has 4 heteroatoms. The third-order valence-electron chi connectivity index (χ3n) is 1.07. The normalized spacial score (nSPS) is 15.2. The van der Waals surface area contributed by atoms with Gasteiger partial charge in [-0.2, -0.15) is 0 Å². The summed E-state index contributed by atoms with van der Waals surface area (Å²) in [5, 5.41) is 5.13. The molecule has 0 heterocycles. The third kappa shape index (κ3) is 4.90. The van der Waals surface area contributed by atoms with Crippen molar-refractivity contribution in [3.05, 3.63) is 0 Å². The predicted molar refractivity (Wildman–Crippen MR) is 42.9 cm³/mol. The van der Waals surface area contributed by atoms with Crippen molar-refractivity contribution in [1.82, 2.24) is 0 Å². The number of nitrogens with two attached hydrogens (primary N) is 1. The van der Waals surface area contributed by atoms with E-state index >= 15 is 0 Å². The Morgan fingerprint density at radius 1 is 1.60 bits per heavy atom. The summed E-state index contributed by atoms with van der Waals surface area (Å²) in [6.45, 7) is 4.54. The first-order chi connectivity index (χ1) is 4.48. The van der Waals surface area contributed by atoms with Gasteiger partial charge >= 0.3 is 0 Å². The van der Waals surface area contributed by atoms with Crippen LogP contribution in [0.3, 0.4) is 0 Å². The van der Waals surface area contributed by atoms with E-state index in [0.29, 0.717) is 12.4 Å². The number of hydrogen-bond donors (Lipinski definition) is 1. The van der Waals surface area contributed by atoms with Crippen LogP contribution in [0.4, 0.5) is 0 Å². The Morgan fingerprint density at radius 3 is 2.40 bits per heavy atom. The molecule has 0 fully saturated rings. The standard InChI is InChI=1S/C6H15NO2S/c1-6(2,4-9-3)5-10(7)8/h4-5,7H2,1-3H3. The van der Waals surface area contributed by atoms with Crippen LogP contribution in [-0.4, -0.2) is 23.7 Å². The molecular weight excluding hydrogens is 150 g/mol. The molecule has 62 valence electrons. The topological polar surface area (TPSA) is 52.3 Å². The minimum Gasteiger partial charge on any atom is -0.384 e. The van der Waals surface area contributed by atoms with Crippen molar-refractivity contribution in [3.63, 3.8) is 0 Å². The molecule has 0 aliphatic heterocycles. The van der Waals surface area contributed by atoms with Gasteiger partial charge in [0.15, 0.2) is 0 Å². The van der Waals surface area contributed by atoms with Gasteiger partial charge in [-0.25, -0.2) is 4.21 Å². The highest BCUT2D eigenvalue weighted by Gasteiger charge is 2.19. The molecule has 0 aliphatic carbocycles. The maximum Gasteiger partial charge on any atom is 0.0894 e. The zero-order valence-corrected chi connectivity index (χ0v) is 7.53. The van der Waals surface area contributed by atoms with E-state index in [1.807, 2.05) is 13.8 Å². The summed E-state index contributed by atoms with van der Waals surface area (Å²) < 4.78 is 15.5. The third-order valence-corrected chi connectivity index (χ3v) is 2.13. The molecule has 0 aromatic heterocycles. The van der Waals surface area contributed by atoms with Crippen LogP contribution in [0.2, 0.25) is 0 Å². The smallest absolute Gasteiger partial charge is 0.0894 e. The fourth-order valence-electron chi connectivity index (χ4n) is 0.818. The Labute approximate surface area is 64.5 Å². The van der Waals surface area contributed by atoms with Gasteiger partial charge in [0.05, 0.1) is 17.6 Å². The summed E-state index contributed by atoms with van der Waals surface area (Å²) in [4.78, 5) is 0. The van der Waals surface area contributed by atoms with Crippen molar-refractivity contribution in [2.45, 2.75) is 13.8 Å². The Morgan fingerprint density at radius 2 is 2.10 bits per heavy atom. The van der Waals surface area contributed by atoms with Gasteiger partial charge in [0.25, 0.3) is 0 Å². The van der Waals surface area contributed by atoms with E-state index in [1.165, 1.54) is 0 Å². The van der Waals surface area contributed by atoms with E-state index in [2.05, 4.69) is 0 Å². The fraction of sp³-hybridized carbons (Fsp3) is 1.00. The summed E-state index contributed by atoms with van der Waals surface area (Å²) in [6, 6.07) is 0. The van der Waals surface area contributed by atoms with E-state index in [4.69, 9.17) is 9.88 Å². The molecule has 0 saturated heterocycles.